The van der Waals surface area contributed by atoms with Crippen molar-refractivity contribution >= 4 is 43.4 Å². The minimum atomic E-state index is -4.26. The summed E-state index contributed by atoms with van der Waals surface area (Å²) >= 11 is 0. The lowest BCUT2D eigenvalue weighted by Gasteiger charge is -2.17. The molecule has 0 atom stereocenters. The van der Waals surface area contributed by atoms with E-state index in [1.165, 1.54) is 36.7 Å². The highest BCUT2D eigenvalue weighted by Gasteiger charge is 2.26. The predicted molar refractivity (Wildman–Crippen MR) is 221 cm³/mol. The lowest BCUT2D eigenvalue weighted by Crippen LogP contribution is -2.35. The van der Waals surface area contributed by atoms with Crippen molar-refractivity contribution in [3.63, 3.8) is 0 Å². The van der Waals surface area contributed by atoms with Crippen LogP contribution in [-0.4, -0.2) is 81.0 Å². The van der Waals surface area contributed by atoms with Gasteiger partial charge in [0.15, 0.2) is 10.1 Å². The molecule has 7 rings (SSSR count). The van der Waals surface area contributed by atoms with Crippen LogP contribution in [0.5, 0.6) is 5.75 Å². The number of carbonyl (C=O) groups excluding carboxylic acids is 1. The van der Waals surface area contributed by atoms with E-state index in [1.54, 1.807) is 93.3 Å². The summed E-state index contributed by atoms with van der Waals surface area (Å²) in [5.74, 6) is 0.649. The summed E-state index contributed by atoms with van der Waals surface area (Å²) in [5.41, 5.74) is 3.96. The van der Waals surface area contributed by atoms with Gasteiger partial charge >= 0.3 is 6.03 Å². The number of benzene rings is 2. The lowest BCUT2D eigenvalue weighted by atomic mass is 9.97. The molecule has 0 spiro atoms. The van der Waals surface area contributed by atoms with Gasteiger partial charge in [-0.1, -0.05) is 0 Å². The minimum absolute atomic E-state index is 0.224. The monoisotopic (exact) mass is 872 g/mol. The number of nitrogens with two attached hydrogens (primary N) is 1. The summed E-state index contributed by atoms with van der Waals surface area (Å²) < 4.78 is 81.3. The molecule has 4 N–H and O–H groups in total. The predicted octanol–water partition coefficient (Wildman–Crippen LogP) is 4.68. The molecule has 1 aliphatic rings. The van der Waals surface area contributed by atoms with Gasteiger partial charge in [-0.05, 0) is 90.0 Å². The van der Waals surface area contributed by atoms with Crippen LogP contribution >= 0.6 is 0 Å². The Balaban J connectivity index is 0.000000201. The number of amides is 2. The normalized spacial score (nSPS) is 11.6. The van der Waals surface area contributed by atoms with Crippen LogP contribution < -0.4 is 29.7 Å². The minimum Gasteiger partial charge on any atom is -0.387 e. The first kappa shape index (κ1) is 44.9. The molecule has 2 aromatic carbocycles. The maximum Gasteiger partial charge on any atom is 0.333 e. The summed E-state index contributed by atoms with van der Waals surface area (Å²) in [5, 5.41) is 15.3. The first-order chi connectivity index (χ1) is 29.0. The van der Waals surface area contributed by atoms with Crippen LogP contribution in [0, 0.1) is 23.2 Å². The van der Waals surface area contributed by atoms with Crippen LogP contribution in [0.15, 0.2) is 108 Å². The van der Waals surface area contributed by atoms with Gasteiger partial charge in [0.05, 0.1) is 30.5 Å². The molecular weight excluding hydrogens is 835 g/mol. The number of ether oxygens (including phenoxy) is 1. The second kappa shape index (κ2) is 19.7. The number of urea groups is 1. The van der Waals surface area contributed by atoms with E-state index in [0.717, 1.165) is 24.4 Å². The van der Waals surface area contributed by atoms with Crippen molar-refractivity contribution in [3.8, 4) is 34.3 Å². The molecule has 0 saturated carbocycles. The Bertz CT molecular complexity index is 2750. The highest BCUT2D eigenvalue weighted by Crippen LogP contribution is 2.39. The van der Waals surface area contributed by atoms with E-state index < -0.39 is 31.1 Å². The molecule has 0 bridgehead atoms. The number of nitrogens with one attached hydrogen (secondary N) is 2. The van der Waals surface area contributed by atoms with Gasteiger partial charge in [0.1, 0.15) is 29.0 Å². The molecule has 1 aliphatic carbocycles. The topological polar surface area (TPSA) is 252 Å². The van der Waals surface area contributed by atoms with Gasteiger partial charge in [-0.25, -0.2) is 51.8 Å². The van der Waals surface area contributed by atoms with E-state index in [-0.39, 0.29) is 16.7 Å². The number of sulfonamides is 2. The zero-order valence-electron chi connectivity index (χ0n) is 33.0. The zero-order valence-corrected chi connectivity index (χ0v) is 34.6. The number of aromatic nitrogens is 6. The van der Waals surface area contributed by atoms with E-state index in [0.29, 0.717) is 63.7 Å². The first-order valence-corrected chi connectivity index (χ1v) is 20.9. The number of rotatable bonds is 9. The number of fused-ring (bicyclic) bond motifs is 1. The molecule has 0 saturated heterocycles. The standard InChI is InChI=1S/C21H21FN6O3S.C12H7FN2O.C6H10N4O2S/c1-28(2)18-11-25-19(12-24-18)32(30,31)27-21(29)26-20-15-5-3-4-14(15)17(22)10-16(20)13-6-8-23-9-7-13;13-10-1-2-12(16-8-14)11(7-10)9-3-5-15-6-4-9;1-10(2)5-3-9-6(4-8-5)13(7,11)12/h6-12H,3-5H2,1-2H3,(H2,26,27,29);1-7H;3-4H,1-2H3,(H2,7,11,12). The van der Waals surface area contributed by atoms with Gasteiger partial charge in [-0.15, -0.1) is 5.26 Å². The van der Waals surface area contributed by atoms with Gasteiger partial charge in [0, 0.05) is 64.1 Å². The molecular formula is C39H38F2N12O6S2. The molecule has 4 aromatic heterocycles. The largest absolute Gasteiger partial charge is 0.387 e. The molecule has 61 heavy (non-hydrogen) atoms. The van der Waals surface area contributed by atoms with Crippen molar-refractivity contribution in [1.29, 1.82) is 5.26 Å². The Morgan fingerprint density at radius 1 is 0.754 bits per heavy atom. The number of hydrogen-bond donors (Lipinski definition) is 3. The van der Waals surface area contributed by atoms with Crippen molar-refractivity contribution in [1.82, 2.24) is 34.6 Å². The molecule has 4 heterocycles. The van der Waals surface area contributed by atoms with Crippen LogP contribution in [-0.2, 0) is 32.9 Å². The lowest BCUT2D eigenvalue weighted by molar-refractivity contribution is 0.256. The molecule has 0 radical (unpaired) electrons. The third kappa shape index (κ3) is 11.7. The SMILES string of the molecule is CN(C)c1cnc(S(=O)(=O)NC(=O)Nc2c(-c3ccncc3)cc(F)c3c2CCC3)cn1.CN(C)c1cnc(S(N)(=O)=O)cn1.N#COc1ccc(F)cc1-c1ccncc1. The Hall–Kier alpha value is -7.22. The van der Waals surface area contributed by atoms with Gasteiger partial charge in [0.2, 0.25) is 0 Å². The molecule has 6 aromatic rings. The smallest absolute Gasteiger partial charge is 0.333 e. The highest BCUT2D eigenvalue weighted by molar-refractivity contribution is 7.90. The summed E-state index contributed by atoms with van der Waals surface area (Å²) in [6, 6.07) is 11.2. The average Bonchev–Trinajstić information content (AvgIpc) is 3.75. The average molecular weight is 873 g/mol. The molecule has 0 fully saturated rings. The summed E-state index contributed by atoms with van der Waals surface area (Å²) in [6.07, 6.45) is 14.6. The van der Waals surface area contributed by atoms with Crippen molar-refractivity contribution in [3.05, 3.63) is 121 Å². The van der Waals surface area contributed by atoms with Crippen LogP contribution in [0.4, 0.5) is 30.9 Å². The Morgan fingerprint density at radius 2 is 1.30 bits per heavy atom. The summed E-state index contributed by atoms with van der Waals surface area (Å²) in [6.45, 7) is 0. The summed E-state index contributed by atoms with van der Waals surface area (Å²) in [7, 11) is -0.958. The maximum atomic E-state index is 14.7. The van der Waals surface area contributed by atoms with E-state index in [4.69, 9.17) is 15.1 Å². The van der Waals surface area contributed by atoms with Crippen molar-refractivity contribution in [2.75, 3.05) is 43.3 Å². The maximum absolute atomic E-state index is 14.7. The number of nitrogens with zero attached hydrogens (tertiary/aromatic N) is 9. The van der Waals surface area contributed by atoms with Gasteiger partial charge < -0.3 is 19.9 Å². The van der Waals surface area contributed by atoms with Crippen LogP contribution in [0.3, 0.4) is 0 Å². The fourth-order valence-corrected chi connectivity index (χ4v) is 6.89. The fraction of sp³-hybridized carbons (Fsp3) is 0.179. The number of anilines is 3. The Kier molecular flexibility index (Phi) is 14.5. The van der Waals surface area contributed by atoms with Crippen molar-refractivity contribution in [2.45, 2.75) is 29.3 Å². The Morgan fingerprint density at radius 3 is 1.80 bits per heavy atom. The molecule has 2 amide bonds. The van der Waals surface area contributed by atoms with E-state index in [2.05, 4.69) is 35.2 Å². The number of carbonyl (C=O) groups is 1. The van der Waals surface area contributed by atoms with Crippen molar-refractivity contribution < 1.29 is 35.1 Å². The number of hydrogen-bond acceptors (Lipinski definition) is 15. The van der Waals surface area contributed by atoms with Crippen LogP contribution in [0.2, 0.25) is 0 Å². The first-order valence-electron chi connectivity index (χ1n) is 17.8. The number of pyridine rings is 2. The third-order valence-electron chi connectivity index (χ3n) is 8.61. The number of halogens is 2. The molecule has 0 unspecified atom stereocenters. The number of primary sulfonamides is 1. The third-order valence-corrected chi connectivity index (χ3v) is 10.6. The molecule has 0 aliphatic heterocycles. The number of nitriles is 1. The second-order valence-electron chi connectivity index (χ2n) is 13.2. The molecule has 316 valence electrons. The Labute approximate surface area is 350 Å². The zero-order chi connectivity index (χ0) is 44.3. The highest BCUT2D eigenvalue weighted by atomic mass is 32.2. The fourth-order valence-electron chi connectivity index (χ4n) is 5.71. The molecule has 22 heteroatoms. The molecule has 18 nitrogen and oxygen atoms in total. The van der Waals surface area contributed by atoms with Gasteiger partial charge in [-0.2, -0.15) is 8.42 Å². The van der Waals surface area contributed by atoms with Gasteiger partial charge in [0.25, 0.3) is 26.3 Å². The van der Waals surface area contributed by atoms with E-state index in [1.807, 2.05) is 4.72 Å². The van der Waals surface area contributed by atoms with E-state index >= 15 is 0 Å². The summed E-state index contributed by atoms with van der Waals surface area (Å²) in [4.78, 5) is 39.3. The van der Waals surface area contributed by atoms with Gasteiger partial charge in [-0.3, -0.25) is 9.97 Å². The van der Waals surface area contributed by atoms with Crippen LogP contribution in [0.1, 0.15) is 17.5 Å². The van der Waals surface area contributed by atoms with Crippen LogP contribution in [0.25, 0.3) is 22.3 Å². The van der Waals surface area contributed by atoms with E-state index in [9.17, 15) is 30.4 Å². The second-order valence-corrected chi connectivity index (χ2v) is 16.4. The quantitative estimate of drug-likeness (QED) is 0.167. The van der Waals surface area contributed by atoms with Crippen molar-refractivity contribution in [2.24, 2.45) is 5.14 Å².